The molecule has 0 spiro atoms. The van der Waals surface area contributed by atoms with Gasteiger partial charge in [0.2, 0.25) is 0 Å². The first-order valence-electron chi connectivity index (χ1n) is 5.48. The van der Waals surface area contributed by atoms with Crippen molar-refractivity contribution in [2.45, 2.75) is 0 Å². The summed E-state index contributed by atoms with van der Waals surface area (Å²) in [6, 6.07) is 13.1. The summed E-state index contributed by atoms with van der Waals surface area (Å²) in [5.74, 6) is -0.403. The number of hydrogen-bond donors (Lipinski definition) is 0. The predicted octanol–water partition coefficient (Wildman–Crippen LogP) is 3.31. The van der Waals surface area contributed by atoms with Crippen molar-refractivity contribution in [2.24, 2.45) is 5.11 Å². The van der Waals surface area contributed by atoms with E-state index in [1.165, 1.54) is 0 Å². The lowest BCUT2D eigenvalue weighted by Crippen LogP contribution is -2.08. The number of azide groups is 1. The van der Waals surface area contributed by atoms with Gasteiger partial charge in [-0.15, -0.1) is 0 Å². The molecule has 2 aromatic rings. The first-order valence-corrected chi connectivity index (χ1v) is 5.48. The summed E-state index contributed by atoms with van der Waals surface area (Å²) in [5, 5.41) is 5.15. The Morgan fingerprint density at radius 1 is 1.22 bits per heavy atom. The van der Waals surface area contributed by atoms with Crippen LogP contribution >= 0.6 is 0 Å². The molecule has 0 saturated carbocycles. The number of esters is 1. The molecule has 18 heavy (non-hydrogen) atoms. The number of nitrogens with zero attached hydrogens (tertiary/aromatic N) is 3. The summed E-state index contributed by atoms with van der Waals surface area (Å²) < 4.78 is 5.03. The van der Waals surface area contributed by atoms with Crippen LogP contribution in [0.2, 0.25) is 0 Å². The average molecular weight is 241 g/mol. The third kappa shape index (κ3) is 2.59. The quantitative estimate of drug-likeness (QED) is 0.271. The van der Waals surface area contributed by atoms with E-state index < -0.39 is 5.97 Å². The zero-order valence-corrected chi connectivity index (χ0v) is 9.61. The summed E-state index contributed by atoms with van der Waals surface area (Å²) in [4.78, 5) is 14.5. The summed E-state index contributed by atoms with van der Waals surface area (Å²) in [6.07, 6.45) is 0. The highest BCUT2D eigenvalue weighted by Crippen LogP contribution is 2.19. The van der Waals surface area contributed by atoms with E-state index in [0.29, 0.717) is 5.56 Å². The lowest BCUT2D eigenvalue weighted by atomic mass is 10.1. The van der Waals surface area contributed by atoms with E-state index in [4.69, 9.17) is 10.3 Å². The van der Waals surface area contributed by atoms with Gasteiger partial charge in [-0.25, -0.2) is 4.79 Å². The van der Waals surface area contributed by atoms with Gasteiger partial charge in [-0.2, -0.15) is 0 Å². The summed E-state index contributed by atoms with van der Waals surface area (Å²) in [7, 11) is 0. The van der Waals surface area contributed by atoms with Gasteiger partial charge in [-0.1, -0.05) is 41.5 Å². The van der Waals surface area contributed by atoms with Gasteiger partial charge in [0.25, 0.3) is 0 Å². The van der Waals surface area contributed by atoms with E-state index in [1.54, 1.807) is 6.07 Å². The second-order valence-electron chi connectivity index (χ2n) is 3.62. The van der Waals surface area contributed by atoms with Crippen molar-refractivity contribution >= 4 is 16.7 Å². The van der Waals surface area contributed by atoms with Crippen LogP contribution in [0.3, 0.4) is 0 Å². The average Bonchev–Trinajstić information content (AvgIpc) is 2.43. The Hall–Kier alpha value is -2.52. The number of hydrogen-bond acceptors (Lipinski definition) is 3. The smallest absolute Gasteiger partial charge is 0.338 e. The van der Waals surface area contributed by atoms with Gasteiger partial charge < -0.3 is 4.74 Å². The minimum Gasteiger partial charge on any atom is -0.462 e. The summed E-state index contributed by atoms with van der Waals surface area (Å²) >= 11 is 0. The second kappa shape index (κ2) is 5.70. The van der Waals surface area contributed by atoms with Crippen LogP contribution in [0.25, 0.3) is 21.2 Å². The van der Waals surface area contributed by atoms with Crippen molar-refractivity contribution in [1.29, 1.82) is 0 Å². The monoisotopic (exact) mass is 241 g/mol. The first kappa shape index (κ1) is 12.0. The number of carbonyl (C=O) groups excluding carboxylic acids is 1. The van der Waals surface area contributed by atoms with Crippen molar-refractivity contribution in [3.8, 4) is 0 Å². The highest BCUT2D eigenvalue weighted by Gasteiger charge is 2.10. The predicted molar refractivity (Wildman–Crippen MR) is 68.2 cm³/mol. The Bertz CT molecular complexity index is 613. The molecule has 0 amide bonds. The van der Waals surface area contributed by atoms with Gasteiger partial charge in [0.05, 0.1) is 18.7 Å². The fourth-order valence-electron chi connectivity index (χ4n) is 1.71. The van der Waals surface area contributed by atoms with Crippen molar-refractivity contribution in [2.75, 3.05) is 13.2 Å². The third-order valence-electron chi connectivity index (χ3n) is 2.50. The van der Waals surface area contributed by atoms with Crippen LogP contribution in [-0.4, -0.2) is 19.1 Å². The molecule has 0 fully saturated rings. The van der Waals surface area contributed by atoms with Gasteiger partial charge >= 0.3 is 5.97 Å². The molecule has 0 aromatic heterocycles. The van der Waals surface area contributed by atoms with E-state index in [1.807, 2.05) is 36.4 Å². The van der Waals surface area contributed by atoms with Crippen LogP contribution in [0.5, 0.6) is 0 Å². The molecule has 2 rings (SSSR count). The first-order chi connectivity index (χ1) is 8.83. The summed E-state index contributed by atoms with van der Waals surface area (Å²) in [6.45, 7) is 0.235. The Labute approximate surface area is 104 Å². The number of rotatable bonds is 4. The molecule has 0 radical (unpaired) electrons. The molecular formula is C13H11N3O2. The molecule has 0 N–H and O–H groups in total. The zero-order chi connectivity index (χ0) is 12.8. The van der Waals surface area contributed by atoms with Crippen molar-refractivity contribution in [3.05, 3.63) is 58.5 Å². The largest absolute Gasteiger partial charge is 0.462 e. The van der Waals surface area contributed by atoms with Crippen LogP contribution in [-0.2, 0) is 4.74 Å². The Morgan fingerprint density at radius 3 is 2.83 bits per heavy atom. The van der Waals surface area contributed by atoms with Crippen LogP contribution in [0.1, 0.15) is 10.4 Å². The van der Waals surface area contributed by atoms with Crippen LogP contribution in [0, 0.1) is 0 Å². The molecule has 0 saturated heterocycles. The Kier molecular flexibility index (Phi) is 3.79. The zero-order valence-electron chi connectivity index (χ0n) is 9.61. The molecule has 2 aromatic carbocycles. The highest BCUT2D eigenvalue weighted by atomic mass is 16.5. The number of fused-ring (bicyclic) bond motifs is 1. The number of benzene rings is 2. The van der Waals surface area contributed by atoms with Crippen LogP contribution in [0.15, 0.2) is 47.6 Å². The van der Waals surface area contributed by atoms with E-state index in [0.717, 1.165) is 10.8 Å². The molecule has 0 bridgehead atoms. The molecule has 5 heteroatoms. The molecule has 0 unspecified atom stereocenters. The van der Waals surface area contributed by atoms with Crippen LogP contribution < -0.4 is 0 Å². The Balaban J connectivity index is 2.20. The standard InChI is InChI=1S/C13H11N3O2/c14-16-15-8-9-18-13(17)12-7-3-5-10-4-1-2-6-11(10)12/h1-7H,8-9H2. The van der Waals surface area contributed by atoms with Gasteiger partial charge in [0.1, 0.15) is 0 Å². The fourth-order valence-corrected chi connectivity index (χ4v) is 1.71. The highest BCUT2D eigenvalue weighted by molar-refractivity contribution is 6.04. The molecule has 0 heterocycles. The molecule has 0 aliphatic rings. The van der Waals surface area contributed by atoms with E-state index in [9.17, 15) is 4.79 Å². The minimum atomic E-state index is -0.403. The molecule has 0 aliphatic heterocycles. The second-order valence-corrected chi connectivity index (χ2v) is 3.62. The molecule has 0 atom stereocenters. The maximum absolute atomic E-state index is 11.9. The number of carbonyl (C=O) groups is 1. The van der Waals surface area contributed by atoms with Crippen LogP contribution in [0.4, 0.5) is 0 Å². The van der Waals surface area contributed by atoms with Gasteiger partial charge in [-0.05, 0) is 22.4 Å². The molecular weight excluding hydrogens is 230 g/mol. The SMILES string of the molecule is [N-]=[N+]=NCCOC(=O)c1cccc2ccccc12. The molecule has 90 valence electrons. The molecule has 5 nitrogen and oxygen atoms in total. The normalized spacial score (nSPS) is 9.78. The topological polar surface area (TPSA) is 75.1 Å². The van der Waals surface area contributed by atoms with E-state index in [-0.39, 0.29) is 13.2 Å². The van der Waals surface area contributed by atoms with Gasteiger partial charge in [0, 0.05) is 4.91 Å². The van der Waals surface area contributed by atoms with E-state index >= 15 is 0 Å². The van der Waals surface area contributed by atoms with Gasteiger partial charge in [0.15, 0.2) is 0 Å². The third-order valence-corrected chi connectivity index (χ3v) is 2.50. The minimum absolute atomic E-state index is 0.0894. The fraction of sp³-hybridized carbons (Fsp3) is 0.154. The number of ether oxygens (including phenoxy) is 1. The maximum Gasteiger partial charge on any atom is 0.338 e. The van der Waals surface area contributed by atoms with Crippen molar-refractivity contribution in [1.82, 2.24) is 0 Å². The Morgan fingerprint density at radius 2 is 2.00 bits per heavy atom. The maximum atomic E-state index is 11.9. The lowest BCUT2D eigenvalue weighted by Gasteiger charge is -2.06. The lowest BCUT2D eigenvalue weighted by molar-refractivity contribution is 0.0519. The summed E-state index contributed by atoms with van der Waals surface area (Å²) in [5.41, 5.74) is 8.63. The van der Waals surface area contributed by atoms with Gasteiger partial charge in [-0.3, -0.25) is 0 Å². The van der Waals surface area contributed by atoms with Crippen molar-refractivity contribution < 1.29 is 9.53 Å². The van der Waals surface area contributed by atoms with E-state index in [2.05, 4.69) is 10.0 Å². The van der Waals surface area contributed by atoms with Crippen molar-refractivity contribution in [3.63, 3.8) is 0 Å². The molecule has 0 aliphatic carbocycles.